The van der Waals surface area contributed by atoms with Gasteiger partial charge in [0.1, 0.15) is 12.2 Å². The van der Waals surface area contributed by atoms with Gasteiger partial charge in [0.05, 0.1) is 10.4 Å². The van der Waals surface area contributed by atoms with Crippen molar-refractivity contribution >= 4 is 28.3 Å². The van der Waals surface area contributed by atoms with E-state index in [1.165, 1.54) is 12.1 Å². The Kier molecular flexibility index (Phi) is 4.51. The van der Waals surface area contributed by atoms with Crippen LogP contribution in [-0.2, 0) is 6.67 Å². The minimum atomic E-state index is -0.479. The Morgan fingerprint density at radius 3 is 2.36 bits per heavy atom. The molecule has 1 heterocycles. The number of anilines is 1. The average molecular weight is 373 g/mol. The van der Waals surface area contributed by atoms with Crippen LogP contribution in [0, 0.1) is 10.1 Å². The summed E-state index contributed by atoms with van der Waals surface area (Å²) in [7, 11) is 0. The van der Waals surface area contributed by atoms with Gasteiger partial charge in [-0.2, -0.15) is 0 Å². The van der Waals surface area contributed by atoms with E-state index in [0.29, 0.717) is 22.3 Å². The number of amides is 1. The van der Waals surface area contributed by atoms with Crippen molar-refractivity contribution in [1.29, 1.82) is 0 Å². The molecule has 0 bridgehead atoms. The minimum absolute atomic E-state index is 0.0557. The molecule has 8 nitrogen and oxygen atoms in total. The predicted octanol–water partition coefficient (Wildman–Crippen LogP) is 3.64. The van der Waals surface area contributed by atoms with E-state index in [-0.39, 0.29) is 18.3 Å². The molecule has 0 N–H and O–H groups in total. The van der Waals surface area contributed by atoms with Gasteiger partial charge in [0.25, 0.3) is 11.6 Å². The summed E-state index contributed by atoms with van der Waals surface area (Å²) in [6, 6.07) is 22.6. The summed E-state index contributed by atoms with van der Waals surface area (Å²) >= 11 is 0. The van der Waals surface area contributed by atoms with Gasteiger partial charge >= 0.3 is 0 Å². The van der Waals surface area contributed by atoms with E-state index in [4.69, 9.17) is 0 Å². The van der Waals surface area contributed by atoms with Crippen LogP contribution in [0.2, 0.25) is 0 Å². The molecule has 4 rings (SSSR count). The molecule has 0 aliphatic carbocycles. The predicted molar refractivity (Wildman–Crippen MR) is 104 cm³/mol. The summed E-state index contributed by atoms with van der Waals surface area (Å²) in [5, 5.41) is 19.1. The van der Waals surface area contributed by atoms with Crippen LogP contribution in [0.4, 0.5) is 11.4 Å². The quantitative estimate of drug-likeness (QED) is 0.393. The highest BCUT2D eigenvalue weighted by atomic mass is 16.6. The molecule has 0 unspecified atom stereocenters. The summed E-state index contributed by atoms with van der Waals surface area (Å²) in [6.45, 7) is 0.117. The number of nitrogens with zero attached hydrogens (tertiary/aromatic N) is 5. The smallest absolute Gasteiger partial charge is 0.271 e. The average Bonchev–Trinajstić information content (AvgIpc) is 3.15. The third-order valence-electron chi connectivity index (χ3n) is 4.32. The molecule has 8 heteroatoms. The van der Waals surface area contributed by atoms with Gasteiger partial charge in [0, 0.05) is 23.4 Å². The number of aromatic nitrogens is 3. The molecule has 1 amide bonds. The molecule has 28 heavy (non-hydrogen) atoms. The topological polar surface area (TPSA) is 94.2 Å². The number of fused-ring (bicyclic) bond motifs is 1. The van der Waals surface area contributed by atoms with E-state index in [0.717, 1.165) is 0 Å². The summed E-state index contributed by atoms with van der Waals surface area (Å²) in [5.74, 6) is -0.183. The molecular weight excluding hydrogens is 358 g/mol. The fourth-order valence-electron chi connectivity index (χ4n) is 2.92. The fraction of sp³-hybridized carbons (Fsp3) is 0.0500. The summed E-state index contributed by atoms with van der Waals surface area (Å²) in [4.78, 5) is 25.2. The number of carbonyl (C=O) groups is 1. The zero-order chi connectivity index (χ0) is 19.5. The minimum Gasteiger partial charge on any atom is -0.288 e. The molecule has 3 aromatic carbocycles. The Hall–Kier alpha value is -4.07. The lowest BCUT2D eigenvalue weighted by Gasteiger charge is -2.23. The number of hydrogen-bond donors (Lipinski definition) is 0. The van der Waals surface area contributed by atoms with Gasteiger partial charge in [0.2, 0.25) is 0 Å². The molecule has 1 aromatic heterocycles. The summed E-state index contributed by atoms with van der Waals surface area (Å²) in [5.41, 5.74) is 2.20. The molecule has 0 fully saturated rings. The van der Waals surface area contributed by atoms with E-state index < -0.39 is 4.92 Å². The Bertz CT molecular complexity index is 1140. The van der Waals surface area contributed by atoms with Crippen LogP contribution >= 0.6 is 0 Å². The van der Waals surface area contributed by atoms with Crippen LogP contribution in [0.1, 0.15) is 10.4 Å². The fourth-order valence-corrected chi connectivity index (χ4v) is 2.92. The molecule has 0 saturated heterocycles. The van der Waals surface area contributed by atoms with Crippen molar-refractivity contribution in [3.05, 3.63) is 94.5 Å². The van der Waals surface area contributed by atoms with Gasteiger partial charge in [0.15, 0.2) is 0 Å². The number of non-ortho nitro benzene ring substituents is 1. The van der Waals surface area contributed by atoms with Crippen molar-refractivity contribution in [3.8, 4) is 0 Å². The molecule has 138 valence electrons. The van der Waals surface area contributed by atoms with E-state index in [1.807, 2.05) is 36.4 Å². The summed E-state index contributed by atoms with van der Waals surface area (Å²) < 4.78 is 1.55. The van der Waals surface area contributed by atoms with E-state index in [1.54, 1.807) is 39.9 Å². The molecule has 0 spiro atoms. The molecule has 0 aliphatic rings. The first kappa shape index (κ1) is 17.3. The highest BCUT2D eigenvalue weighted by Gasteiger charge is 2.20. The second-order valence-electron chi connectivity index (χ2n) is 6.10. The number of para-hydroxylation sites is 1. The molecular formula is C20H15N5O3. The van der Waals surface area contributed by atoms with Gasteiger partial charge in [-0.05, 0) is 30.3 Å². The van der Waals surface area contributed by atoms with Gasteiger partial charge in [-0.25, -0.2) is 4.68 Å². The first-order valence-electron chi connectivity index (χ1n) is 8.53. The van der Waals surface area contributed by atoms with Crippen molar-refractivity contribution in [2.45, 2.75) is 6.67 Å². The van der Waals surface area contributed by atoms with Crippen LogP contribution in [0.15, 0.2) is 78.9 Å². The molecule has 0 atom stereocenters. The van der Waals surface area contributed by atoms with E-state index in [2.05, 4.69) is 10.3 Å². The maximum atomic E-state index is 13.1. The monoisotopic (exact) mass is 373 g/mol. The third-order valence-corrected chi connectivity index (χ3v) is 4.32. The Balaban J connectivity index is 1.73. The summed E-state index contributed by atoms with van der Waals surface area (Å²) in [6.07, 6.45) is 0. The van der Waals surface area contributed by atoms with Crippen molar-refractivity contribution < 1.29 is 9.72 Å². The van der Waals surface area contributed by atoms with Crippen LogP contribution in [0.3, 0.4) is 0 Å². The van der Waals surface area contributed by atoms with Gasteiger partial charge in [-0.1, -0.05) is 41.6 Å². The lowest BCUT2D eigenvalue weighted by Crippen LogP contribution is -2.33. The second-order valence-corrected chi connectivity index (χ2v) is 6.10. The highest BCUT2D eigenvalue weighted by molar-refractivity contribution is 6.05. The van der Waals surface area contributed by atoms with Crippen molar-refractivity contribution in [3.63, 3.8) is 0 Å². The Morgan fingerprint density at radius 1 is 1.00 bits per heavy atom. The number of benzene rings is 3. The van der Waals surface area contributed by atoms with Crippen molar-refractivity contribution in [2.24, 2.45) is 0 Å². The zero-order valence-corrected chi connectivity index (χ0v) is 14.7. The first-order valence-corrected chi connectivity index (χ1v) is 8.53. The van der Waals surface area contributed by atoms with Crippen molar-refractivity contribution in [2.75, 3.05) is 4.90 Å². The lowest BCUT2D eigenvalue weighted by atomic mass is 10.2. The van der Waals surface area contributed by atoms with Crippen LogP contribution in [0.25, 0.3) is 11.0 Å². The van der Waals surface area contributed by atoms with Crippen LogP contribution < -0.4 is 4.90 Å². The molecule has 0 radical (unpaired) electrons. The first-order chi connectivity index (χ1) is 13.6. The van der Waals surface area contributed by atoms with E-state index in [9.17, 15) is 14.9 Å². The second kappa shape index (κ2) is 7.28. The highest BCUT2D eigenvalue weighted by Crippen LogP contribution is 2.22. The number of nitro benzene ring substituents is 1. The van der Waals surface area contributed by atoms with Gasteiger partial charge < -0.3 is 0 Å². The van der Waals surface area contributed by atoms with E-state index >= 15 is 0 Å². The number of nitro groups is 1. The molecule has 0 aliphatic heterocycles. The number of rotatable bonds is 5. The van der Waals surface area contributed by atoms with Gasteiger partial charge in [-0.15, -0.1) is 5.10 Å². The normalized spacial score (nSPS) is 10.7. The third kappa shape index (κ3) is 3.30. The lowest BCUT2D eigenvalue weighted by molar-refractivity contribution is -0.384. The number of hydrogen-bond acceptors (Lipinski definition) is 5. The number of carbonyl (C=O) groups excluding carboxylic acids is 1. The zero-order valence-electron chi connectivity index (χ0n) is 14.7. The van der Waals surface area contributed by atoms with Crippen LogP contribution in [0.5, 0.6) is 0 Å². The maximum absolute atomic E-state index is 13.1. The Morgan fingerprint density at radius 2 is 1.68 bits per heavy atom. The molecule has 0 saturated carbocycles. The largest absolute Gasteiger partial charge is 0.288 e. The standard InChI is InChI=1S/C20H15N5O3/c26-20(15-7-3-1-4-8-15)23(16-9-5-2-6-10-16)14-24-19-12-11-17(25(27)28)13-18(19)21-22-24/h1-13H,14H2. The van der Waals surface area contributed by atoms with Gasteiger partial charge in [-0.3, -0.25) is 19.8 Å². The molecule has 4 aromatic rings. The SMILES string of the molecule is O=C(c1ccccc1)N(Cn1nnc2cc([N+](=O)[O-])ccc21)c1ccccc1. The van der Waals surface area contributed by atoms with Crippen molar-refractivity contribution in [1.82, 2.24) is 15.0 Å². The Labute approximate surface area is 159 Å². The van der Waals surface area contributed by atoms with Crippen LogP contribution in [-0.4, -0.2) is 25.8 Å². The maximum Gasteiger partial charge on any atom is 0.271 e.